The zero-order valence-corrected chi connectivity index (χ0v) is 23.1. The van der Waals surface area contributed by atoms with Crippen molar-refractivity contribution in [2.24, 2.45) is 5.92 Å². The van der Waals surface area contributed by atoms with Gasteiger partial charge in [0.05, 0.1) is 12.1 Å². The monoisotopic (exact) mass is 544 g/mol. The van der Waals surface area contributed by atoms with Crippen LogP contribution in [-0.4, -0.2) is 47.9 Å². The number of hydrogen-bond donors (Lipinski definition) is 2. The largest absolute Gasteiger partial charge is 0.357 e. The van der Waals surface area contributed by atoms with E-state index in [1.165, 1.54) is 17.0 Å². The number of sulfonamides is 1. The number of carbonyl (C=O) groups excluding carboxylic acids is 1. The molecule has 1 fully saturated rings. The molecule has 0 spiro atoms. The lowest BCUT2D eigenvalue weighted by Gasteiger charge is -2.33. The first-order chi connectivity index (χ1) is 18.6. The van der Waals surface area contributed by atoms with Gasteiger partial charge in [0.1, 0.15) is 11.6 Å². The molecule has 2 N–H and O–H groups in total. The third-order valence-electron chi connectivity index (χ3n) is 7.78. The number of aromatic amines is 1. The molecule has 0 aliphatic carbocycles. The van der Waals surface area contributed by atoms with E-state index in [-0.39, 0.29) is 16.1 Å². The second-order valence-corrected chi connectivity index (χ2v) is 12.8. The number of anilines is 2. The average Bonchev–Trinajstić information content (AvgIpc) is 3.42. The van der Waals surface area contributed by atoms with Crippen LogP contribution in [0, 0.1) is 5.92 Å². The van der Waals surface area contributed by atoms with Crippen LogP contribution < -0.4 is 14.5 Å². The van der Waals surface area contributed by atoms with Gasteiger partial charge in [0.2, 0.25) is 0 Å². The number of benzene rings is 1. The zero-order chi connectivity index (χ0) is 27.4. The molecular formula is C29H32N6O3S. The van der Waals surface area contributed by atoms with Crippen LogP contribution in [0.25, 0.3) is 10.9 Å². The molecule has 1 amide bonds. The van der Waals surface area contributed by atoms with Crippen molar-refractivity contribution in [3.8, 4) is 0 Å². The van der Waals surface area contributed by atoms with Crippen molar-refractivity contribution in [2.75, 3.05) is 22.9 Å². The molecule has 3 aromatic heterocycles. The molecule has 39 heavy (non-hydrogen) atoms. The molecule has 1 unspecified atom stereocenters. The van der Waals surface area contributed by atoms with Crippen LogP contribution in [0.2, 0.25) is 0 Å². The third kappa shape index (κ3) is 4.63. The molecule has 5 heterocycles. The number of carbonyl (C=O) groups is 1. The number of amides is 1. The molecule has 0 radical (unpaired) electrons. The highest BCUT2D eigenvalue weighted by Crippen LogP contribution is 2.37. The fraction of sp³-hybridized carbons (Fsp3) is 0.345. The molecule has 1 atom stereocenters. The number of rotatable bonds is 5. The first kappa shape index (κ1) is 25.4. The maximum atomic E-state index is 13.3. The van der Waals surface area contributed by atoms with Crippen molar-refractivity contribution >= 4 is 38.5 Å². The second-order valence-electron chi connectivity index (χ2n) is 11.2. The van der Waals surface area contributed by atoms with Crippen LogP contribution >= 0.6 is 0 Å². The molecule has 9 nitrogen and oxygen atoms in total. The van der Waals surface area contributed by atoms with Crippen LogP contribution in [0.5, 0.6) is 0 Å². The normalized spacial score (nSPS) is 18.8. The van der Waals surface area contributed by atoms with Gasteiger partial charge in [0, 0.05) is 41.4 Å². The minimum Gasteiger partial charge on any atom is -0.357 e. The second kappa shape index (κ2) is 9.37. The number of pyridine rings is 2. The van der Waals surface area contributed by atoms with Gasteiger partial charge in [0.25, 0.3) is 15.9 Å². The average molecular weight is 545 g/mol. The van der Waals surface area contributed by atoms with Crippen molar-refractivity contribution in [3.05, 3.63) is 77.6 Å². The molecule has 6 rings (SSSR count). The first-order valence-electron chi connectivity index (χ1n) is 13.2. The molecule has 1 aromatic carbocycles. The van der Waals surface area contributed by atoms with Gasteiger partial charge in [0.15, 0.2) is 5.03 Å². The maximum Gasteiger partial charge on any atom is 0.281 e. The van der Waals surface area contributed by atoms with Crippen LogP contribution in [-0.2, 0) is 23.0 Å². The van der Waals surface area contributed by atoms with Crippen molar-refractivity contribution < 1.29 is 13.2 Å². The Labute approximate surface area is 228 Å². The molecule has 0 saturated carbocycles. The maximum absolute atomic E-state index is 13.3. The SMILES string of the molecule is CC1CN(c2ncccc2C(=O)NS(=O)(=O)c2cccc(N3CCc4c([nH]c5ccccc45)C3)n2)C(C)(C)C1. The predicted octanol–water partition coefficient (Wildman–Crippen LogP) is 4.26. The number of nitrogens with zero attached hydrogens (tertiary/aromatic N) is 4. The third-order valence-corrected chi connectivity index (χ3v) is 9.01. The molecule has 1 saturated heterocycles. The van der Waals surface area contributed by atoms with Gasteiger partial charge in [-0.15, -0.1) is 0 Å². The smallest absolute Gasteiger partial charge is 0.281 e. The predicted molar refractivity (Wildman–Crippen MR) is 151 cm³/mol. The molecule has 2 aliphatic heterocycles. The van der Waals surface area contributed by atoms with E-state index in [4.69, 9.17) is 0 Å². The summed E-state index contributed by atoms with van der Waals surface area (Å²) in [5.74, 6) is 0.749. The summed E-state index contributed by atoms with van der Waals surface area (Å²) in [5.41, 5.74) is 3.52. The lowest BCUT2D eigenvalue weighted by Crippen LogP contribution is -2.41. The van der Waals surface area contributed by atoms with Crippen molar-refractivity contribution in [3.63, 3.8) is 0 Å². The van der Waals surface area contributed by atoms with Gasteiger partial charge in [-0.25, -0.2) is 14.7 Å². The summed E-state index contributed by atoms with van der Waals surface area (Å²) in [6, 6.07) is 16.3. The van der Waals surface area contributed by atoms with E-state index in [9.17, 15) is 13.2 Å². The Morgan fingerprint density at radius 3 is 2.72 bits per heavy atom. The molecule has 202 valence electrons. The Hall–Kier alpha value is -3.92. The fourth-order valence-electron chi connectivity index (χ4n) is 6.10. The summed E-state index contributed by atoms with van der Waals surface area (Å²) in [6.07, 6.45) is 3.40. The number of H-pyrrole nitrogens is 1. The number of hydrogen-bond acceptors (Lipinski definition) is 7. The molecule has 2 aliphatic rings. The van der Waals surface area contributed by atoms with Crippen molar-refractivity contribution in [1.82, 2.24) is 19.7 Å². The number of fused-ring (bicyclic) bond motifs is 3. The van der Waals surface area contributed by atoms with E-state index < -0.39 is 15.9 Å². The highest BCUT2D eigenvalue weighted by atomic mass is 32.2. The zero-order valence-electron chi connectivity index (χ0n) is 22.3. The van der Waals surface area contributed by atoms with E-state index in [0.29, 0.717) is 30.6 Å². The van der Waals surface area contributed by atoms with Crippen molar-refractivity contribution in [1.29, 1.82) is 0 Å². The topological polar surface area (TPSA) is 111 Å². The summed E-state index contributed by atoms with van der Waals surface area (Å²) in [7, 11) is -4.22. The van der Waals surface area contributed by atoms with Gasteiger partial charge < -0.3 is 14.8 Å². The summed E-state index contributed by atoms with van der Waals surface area (Å²) in [4.78, 5) is 29.9. The molecular weight excluding hydrogens is 512 g/mol. The van der Waals surface area contributed by atoms with E-state index in [2.05, 4.69) is 57.5 Å². The number of aromatic nitrogens is 3. The van der Waals surface area contributed by atoms with Crippen LogP contribution in [0.15, 0.2) is 65.8 Å². The Balaban J connectivity index is 1.24. The van der Waals surface area contributed by atoms with E-state index >= 15 is 0 Å². The Bertz CT molecular complexity index is 1680. The Kier molecular flexibility index (Phi) is 6.10. The van der Waals surface area contributed by atoms with Gasteiger partial charge >= 0.3 is 0 Å². The van der Waals surface area contributed by atoms with Gasteiger partial charge in [-0.3, -0.25) is 4.79 Å². The van der Waals surface area contributed by atoms with E-state index in [1.54, 1.807) is 30.5 Å². The van der Waals surface area contributed by atoms with E-state index in [1.807, 2.05) is 17.0 Å². The van der Waals surface area contributed by atoms with Crippen LogP contribution in [0.1, 0.15) is 48.8 Å². The standard InChI is InChI=1S/C29H32N6O3S/c1-19-16-29(2,3)35(17-19)27-22(9-7-14-30-27)28(36)33-39(37,38)26-12-6-11-25(32-26)34-15-13-21-20-8-4-5-10-23(20)31-24(21)18-34/h4-12,14,19,31H,13,15-18H2,1-3H3,(H,33,36). The van der Waals surface area contributed by atoms with Crippen LogP contribution in [0.3, 0.4) is 0 Å². The lowest BCUT2D eigenvalue weighted by molar-refractivity contribution is 0.0981. The Morgan fingerprint density at radius 1 is 1.10 bits per heavy atom. The minimum absolute atomic E-state index is 0.198. The molecule has 0 bridgehead atoms. The quantitative estimate of drug-likeness (QED) is 0.386. The van der Waals surface area contributed by atoms with E-state index in [0.717, 1.165) is 30.6 Å². The summed E-state index contributed by atoms with van der Waals surface area (Å²) in [5, 5.41) is 1.03. The first-order valence-corrected chi connectivity index (χ1v) is 14.7. The summed E-state index contributed by atoms with van der Waals surface area (Å²) < 4.78 is 28.9. The van der Waals surface area contributed by atoms with Gasteiger partial charge in [-0.05, 0) is 68.5 Å². The fourth-order valence-corrected chi connectivity index (χ4v) is 7.03. The van der Waals surface area contributed by atoms with Gasteiger partial charge in [-0.1, -0.05) is 31.2 Å². The van der Waals surface area contributed by atoms with Gasteiger partial charge in [-0.2, -0.15) is 8.42 Å². The lowest BCUT2D eigenvalue weighted by atomic mass is 9.97. The Morgan fingerprint density at radius 2 is 1.92 bits per heavy atom. The highest BCUT2D eigenvalue weighted by Gasteiger charge is 2.39. The number of nitrogens with one attached hydrogen (secondary N) is 2. The number of para-hydroxylation sites is 1. The summed E-state index contributed by atoms with van der Waals surface area (Å²) in [6.45, 7) is 8.43. The molecule has 4 aromatic rings. The molecule has 10 heteroatoms. The highest BCUT2D eigenvalue weighted by molar-refractivity contribution is 7.90. The summed E-state index contributed by atoms with van der Waals surface area (Å²) >= 11 is 0. The van der Waals surface area contributed by atoms with Crippen molar-refractivity contribution in [2.45, 2.75) is 50.7 Å². The minimum atomic E-state index is -4.22. The van der Waals surface area contributed by atoms with Crippen LogP contribution in [0.4, 0.5) is 11.6 Å².